The van der Waals surface area contributed by atoms with Crippen LogP contribution in [-0.2, 0) is 9.68 Å². The van der Waals surface area contributed by atoms with Crippen molar-refractivity contribution in [2.75, 3.05) is 13.2 Å². The fourth-order valence-corrected chi connectivity index (χ4v) is 6.14. The Kier molecular flexibility index (Phi) is 37.0. The molecule has 2 unspecified atom stereocenters. The zero-order valence-corrected chi connectivity index (χ0v) is 33.1. The molecule has 0 aliphatic carbocycles. The molecule has 2 atom stereocenters. The Morgan fingerprint density at radius 1 is 0.479 bits per heavy atom. The average molecular weight is 679 g/mol. The molecule has 0 fully saturated rings. The third-order valence-electron chi connectivity index (χ3n) is 9.34. The lowest BCUT2D eigenvalue weighted by atomic mass is 9.96. The van der Waals surface area contributed by atoms with E-state index in [0.29, 0.717) is 13.0 Å². The van der Waals surface area contributed by atoms with E-state index in [9.17, 15) is 5.11 Å². The van der Waals surface area contributed by atoms with Crippen LogP contribution in [0.3, 0.4) is 0 Å². The zero-order valence-electron chi connectivity index (χ0n) is 33.1. The summed E-state index contributed by atoms with van der Waals surface area (Å²) in [5.41, 5.74) is 5.65. The summed E-state index contributed by atoms with van der Waals surface area (Å²) in [6.45, 7) is 11.8. The van der Waals surface area contributed by atoms with Gasteiger partial charge in [-0.2, -0.15) is 11.0 Å². The lowest BCUT2D eigenvalue weighted by Gasteiger charge is -2.30. The normalized spacial score (nSPS) is 13.7. The van der Waals surface area contributed by atoms with Gasteiger partial charge in [-0.3, -0.25) is 0 Å². The summed E-state index contributed by atoms with van der Waals surface area (Å²) in [5.74, 6) is 0. The van der Waals surface area contributed by atoms with Crippen molar-refractivity contribution in [3.63, 3.8) is 0 Å². The summed E-state index contributed by atoms with van der Waals surface area (Å²) in [4.78, 5) is 11.7. The van der Waals surface area contributed by atoms with E-state index in [-0.39, 0.29) is 12.1 Å². The predicted octanol–water partition coefficient (Wildman–Crippen LogP) is 13.0. The minimum atomic E-state index is -0.774. The molecule has 0 spiro atoms. The Morgan fingerprint density at radius 3 is 1.15 bits per heavy atom. The van der Waals surface area contributed by atoms with E-state index in [1.807, 2.05) is 13.8 Å². The number of unbranched alkanes of at least 4 members (excludes halogenated alkanes) is 24. The fourth-order valence-electron chi connectivity index (χ4n) is 6.14. The number of hydroxylamine groups is 2. The standard InChI is InChI=1S/C43H86N2O3/c1-6-8-10-12-14-16-18-20-22-24-26-28-30-32-34-36-38-47-44-41(3)42(40-43(4,5)46)45-48-39-37-35-33-31-29-27-25-23-21-19-17-15-13-11-9-7-2/h20-23,41-42,44-46H,6-19,24-40H2,1-5H3/b22-20-,23-21-. The predicted molar refractivity (Wildman–Crippen MR) is 211 cm³/mol. The molecule has 0 saturated heterocycles. The van der Waals surface area contributed by atoms with Crippen LogP contribution in [0.4, 0.5) is 0 Å². The molecule has 286 valence electrons. The van der Waals surface area contributed by atoms with E-state index < -0.39 is 5.60 Å². The Balaban J connectivity index is 3.73. The van der Waals surface area contributed by atoms with Crippen molar-refractivity contribution in [2.45, 2.75) is 239 Å². The molecule has 3 N–H and O–H groups in total. The molecule has 0 aromatic heterocycles. The van der Waals surface area contributed by atoms with Gasteiger partial charge in [-0.1, -0.05) is 154 Å². The summed E-state index contributed by atoms with van der Waals surface area (Å²) in [6.07, 6.45) is 46.9. The van der Waals surface area contributed by atoms with Crippen LogP contribution in [-0.4, -0.2) is 36.0 Å². The highest BCUT2D eigenvalue weighted by Crippen LogP contribution is 2.15. The number of rotatable bonds is 39. The van der Waals surface area contributed by atoms with Crippen molar-refractivity contribution >= 4 is 0 Å². The van der Waals surface area contributed by atoms with Gasteiger partial charge in [0.1, 0.15) is 0 Å². The highest BCUT2D eigenvalue weighted by Gasteiger charge is 2.25. The van der Waals surface area contributed by atoms with Crippen molar-refractivity contribution < 1.29 is 14.8 Å². The van der Waals surface area contributed by atoms with Crippen LogP contribution in [0.5, 0.6) is 0 Å². The molecule has 0 radical (unpaired) electrons. The summed E-state index contributed by atoms with van der Waals surface area (Å²) >= 11 is 0. The Bertz CT molecular complexity index is 675. The molecule has 0 bridgehead atoms. The maximum absolute atomic E-state index is 10.4. The molecule has 0 aliphatic heterocycles. The number of aliphatic hydroxyl groups is 1. The van der Waals surface area contributed by atoms with Crippen LogP contribution in [0.1, 0.15) is 221 Å². The van der Waals surface area contributed by atoms with Gasteiger partial charge in [-0.15, -0.1) is 0 Å². The first-order valence-electron chi connectivity index (χ1n) is 21.2. The molecule has 0 amide bonds. The minimum Gasteiger partial charge on any atom is -0.390 e. The number of hydrogen-bond acceptors (Lipinski definition) is 5. The molecule has 0 aromatic carbocycles. The highest BCUT2D eigenvalue weighted by atomic mass is 16.7. The van der Waals surface area contributed by atoms with Gasteiger partial charge in [0.25, 0.3) is 0 Å². The van der Waals surface area contributed by atoms with Crippen molar-refractivity contribution in [1.29, 1.82) is 0 Å². The van der Waals surface area contributed by atoms with Gasteiger partial charge in [-0.05, 0) is 91.4 Å². The first-order valence-corrected chi connectivity index (χ1v) is 21.2. The van der Waals surface area contributed by atoms with Gasteiger partial charge in [0.05, 0.1) is 24.9 Å². The smallest absolute Gasteiger partial charge is 0.0682 e. The Labute approximate surface area is 301 Å². The second-order valence-corrected chi connectivity index (χ2v) is 15.2. The molecule has 5 nitrogen and oxygen atoms in total. The van der Waals surface area contributed by atoms with Gasteiger partial charge in [-0.25, -0.2) is 0 Å². The van der Waals surface area contributed by atoms with Gasteiger partial charge >= 0.3 is 0 Å². The van der Waals surface area contributed by atoms with E-state index in [0.717, 1.165) is 19.4 Å². The molecule has 0 saturated carbocycles. The largest absolute Gasteiger partial charge is 0.390 e. The van der Waals surface area contributed by atoms with E-state index in [1.165, 1.54) is 167 Å². The summed E-state index contributed by atoms with van der Waals surface area (Å²) in [7, 11) is 0. The van der Waals surface area contributed by atoms with Crippen LogP contribution in [0, 0.1) is 0 Å². The van der Waals surface area contributed by atoms with E-state index in [4.69, 9.17) is 9.68 Å². The zero-order chi connectivity index (χ0) is 35.2. The fraction of sp³-hybridized carbons (Fsp3) is 0.907. The topological polar surface area (TPSA) is 62.8 Å². The number of hydrogen-bond donors (Lipinski definition) is 3. The van der Waals surface area contributed by atoms with Crippen LogP contribution in [0.15, 0.2) is 24.3 Å². The maximum Gasteiger partial charge on any atom is 0.0682 e. The van der Waals surface area contributed by atoms with Crippen LogP contribution in [0.2, 0.25) is 0 Å². The van der Waals surface area contributed by atoms with E-state index in [2.05, 4.69) is 56.0 Å². The summed E-state index contributed by atoms with van der Waals surface area (Å²) < 4.78 is 0. The molecule has 48 heavy (non-hydrogen) atoms. The van der Waals surface area contributed by atoms with Crippen LogP contribution in [0.25, 0.3) is 0 Å². The SMILES string of the molecule is CCCCCCCC/C=C\CCCCCCCCONC(C)C(CC(C)(C)O)NOCCCCCCCC/C=C\CCCCCCCC. The van der Waals surface area contributed by atoms with E-state index >= 15 is 0 Å². The number of nitrogens with one attached hydrogen (secondary N) is 2. The molecular weight excluding hydrogens is 592 g/mol. The van der Waals surface area contributed by atoms with Gasteiger partial charge in [0.2, 0.25) is 0 Å². The molecule has 5 heteroatoms. The lowest BCUT2D eigenvalue weighted by Crippen LogP contribution is -2.49. The molecule has 0 rings (SSSR count). The third-order valence-corrected chi connectivity index (χ3v) is 9.34. The third kappa shape index (κ3) is 38.1. The summed E-state index contributed by atoms with van der Waals surface area (Å²) in [6, 6.07) is 0.00402. The van der Waals surface area contributed by atoms with Gasteiger partial charge < -0.3 is 14.8 Å². The van der Waals surface area contributed by atoms with Crippen LogP contribution < -0.4 is 11.0 Å². The van der Waals surface area contributed by atoms with Gasteiger partial charge in [0, 0.05) is 6.04 Å². The first kappa shape index (κ1) is 47.3. The summed E-state index contributed by atoms with van der Waals surface area (Å²) in [5, 5.41) is 10.4. The van der Waals surface area contributed by atoms with Crippen molar-refractivity contribution in [3.8, 4) is 0 Å². The quantitative estimate of drug-likeness (QED) is 0.0343. The Hall–Kier alpha value is -0.720. The van der Waals surface area contributed by atoms with Crippen molar-refractivity contribution in [3.05, 3.63) is 24.3 Å². The lowest BCUT2D eigenvalue weighted by molar-refractivity contribution is -0.0538. The molecule has 0 heterocycles. The van der Waals surface area contributed by atoms with Crippen molar-refractivity contribution in [2.24, 2.45) is 0 Å². The maximum atomic E-state index is 10.4. The van der Waals surface area contributed by atoms with Crippen molar-refractivity contribution in [1.82, 2.24) is 11.0 Å². The monoisotopic (exact) mass is 679 g/mol. The second-order valence-electron chi connectivity index (χ2n) is 15.2. The number of allylic oxidation sites excluding steroid dienone is 4. The molecule has 0 aromatic rings. The first-order chi connectivity index (χ1) is 23.4. The second kappa shape index (κ2) is 37.5. The van der Waals surface area contributed by atoms with Crippen LogP contribution >= 0.6 is 0 Å². The average Bonchev–Trinajstić information content (AvgIpc) is 3.06. The Morgan fingerprint density at radius 2 is 0.792 bits per heavy atom. The minimum absolute atomic E-state index is 0.0287. The molecular formula is C43H86N2O3. The molecule has 0 aliphatic rings. The van der Waals surface area contributed by atoms with E-state index in [1.54, 1.807) is 0 Å². The van der Waals surface area contributed by atoms with Gasteiger partial charge in [0.15, 0.2) is 0 Å². The highest BCUT2D eigenvalue weighted by molar-refractivity contribution is 4.83.